The summed E-state index contributed by atoms with van der Waals surface area (Å²) in [5.41, 5.74) is 4.49. The quantitative estimate of drug-likeness (QED) is 0.293. The van der Waals surface area contributed by atoms with Crippen LogP contribution in [0.5, 0.6) is 5.75 Å². The number of hydrogen-bond acceptors (Lipinski definition) is 10. The number of aryl methyl sites for hydroxylation is 1. The van der Waals surface area contributed by atoms with Crippen molar-refractivity contribution < 1.29 is 33.3 Å². The van der Waals surface area contributed by atoms with Crippen molar-refractivity contribution in [2.75, 3.05) is 19.8 Å². The summed E-state index contributed by atoms with van der Waals surface area (Å²) in [7, 11) is 0. The van der Waals surface area contributed by atoms with Gasteiger partial charge < -0.3 is 34.3 Å². The summed E-state index contributed by atoms with van der Waals surface area (Å²) in [6.07, 6.45) is 1.74. The molecule has 0 spiro atoms. The van der Waals surface area contributed by atoms with Crippen molar-refractivity contribution in [3.05, 3.63) is 45.6 Å². The molecule has 1 aromatic carbocycles. The number of aliphatic hydroxyl groups is 2. The predicted octanol–water partition coefficient (Wildman–Crippen LogP) is 0.739. The van der Waals surface area contributed by atoms with Crippen LogP contribution in [0.3, 0.4) is 0 Å². The number of hydrogen-bond donors (Lipinski definition) is 3. The van der Waals surface area contributed by atoms with E-state index in [-0.39, 0.29) is 48.1 Å². The van der Waals surface area contributed by atoms with E-state index in [1.807, 2.05) is 0 Å². The first-order valence-corrected chi connectivity index (χ1v) is 9.70. The number of aromatic nitrogens is 2. The second kappa shape index (κ2) is 9.52. The zero-order valence-electron chi connectivity index (χ0n) is 16.7. The molecular weight excluding hydrogens is 434 g/mol. The van der Waals surface area contributed by atoms with E-state index >= 15 is 0 Å². The largest absolute Gasteiger partial charge is 0.484 e. The van der Waals surface area contributed by atoms with Crippen LogP contribution in [0, 0.1) is 6.92 Å². The van der Waals surface area contributed by atoms with Gasteiger partial charge >= 0.3 is 11.7 Å². The minimum atomic E-state index is -1.90. The Kier molecular flexibility index (Phi) is 7.01. The van der Waals surface area contributed by atoms with Gasteiger partial charge in [-0.05, 0) is 6.07 Å². The molecule has 2 aromatic heterocycles. The summed E-state index contributed by atoms with van der Waals surface area (Å²) < 4.78 is 22.2. The van der Waals surface area contributed by atoms with Gasteiger partial charge in [-0.1, -0.05) is 11.6 Å². The Morgan fingerprint density at radius 2 is 2.13 bits per heavy atom. The molecule has 4 N–H and O–H groups in total. The third-order valence-electron chi connectivity index (χ3n) is 4.43. The lowest BCUT2D eigenvalue weighted by Crippen LogP contribution is -2.56. The number of esters is 1. The number of benzene rings is 1. The molecule has 31 heavy (non-hydrogen) atoms. The van der Waals surface area contributed by atoms with Crippen LogP contribution in [0.15, 0.2) is 32.0 Å². The lowest BCUT2D eigenvalue weighted by atomic mass is 10.0. The van der Waals surface area contributed by atoms with Gasteiger partial charge in [0.25, 0.3) is 0 Å². The Labute approximate surface area is 180 Å². The number of nitrogens with two attached hydrogens (primary N) is 1. The van der Waals surface area contributed by atoms with Crippen molar-refractivity contribution in [3.8, 4) is 5.75 Å². The number of oxazole rings is 2. The Morgan fingerprint density at radius 3 is 2.77 bits per heavy atom. The Bertz CT molecular complexity index is 1120. The van der Waals surface area contributed by atoms with Crippen LogP contribution in [0.2, 0.25) is 5.02 Å². The van der Waals surface area contributed by atoms with E-state index in [0.29, 0.717) is 11.7 Å². The zero-order chi connectivity index (χ0) is 22.6. The van der Waals surface area contributed by atoms with Crippen LogP contribution in [-0.4, -0.2) is 51.1 Å². The standard InChI is InChI=1S/C19H22ClN3O8/c1-11-22-7-12(30-11)8-29-15-6-16-14(5-13(15)20)23(18(27)31-16)9-19(21,10-25)17(26)28-4-2-3-24/h5-7,24-25H,2-4,8-10,21H2,1H3. The second-order valence-corrected chi connectivity index (χ2v) is 7.27. The number of ether oxygens (including phenoxy) is 2. The van der Waals surface area contributed by atoms with Gasteiger partial charge in [-0.2, -0.15) is 0 Å². The van der Waals surface area contributed by atoms with Gasteiger partial charge in [0.05, 0.1) is 36.5 Å². The van der Waals surface area contributed by atoms with Crippen molar-refractivity contribution in [2.24, 2.45) is 5.73 Å². The third-order valence-corrected chi connectivity index (χ3v) is 4.72. The summed E-state index contributed by atoms with van der Waals surface area (Å²) in [6, 6.07) is 2.85. The van der Waals surface area contributed by atoms with E-state index in [2.05, 4.69) is 4.98 Å². The van der Waals surface area contributed by atoms with Crippen molar-refractivity contribution in [1.82, 2.24) is 9.55 Å². The van der Waals surface area contributed by atoms with Gasteiger partial charge in [0.1, 0.15) is 12.4 Å². The highest BCUT2D eigenvalue weighted by atomic mass is 35.5. The third kappa shape index (κ3) is 5.07. The molecule has 3 aromatic rings. The Morgan fingerprint density at radius 1 is 1.35 bits per heavy atom. The van der Waals surface area contributed by atoms with Gasteiger partial charge in [-0.3, -0.25) is 4.57 Å². The van der Waals surface area contributed by atoms with Crippen LogP contribution in [0.25, 0.3) is 11.1 Å². The number of fused-ring (bicyclic) bond motifs is 1. The topological polar surface area (TPSA) is 163 Å². The molecule has 0 aliphatic heterocycles. The van der Waals surface area contributed by atoms with E-state index in [4.69, 9.17) is 40.7 Å². The molecular formula is C19H22ClN3O8. The van der Waals surface area contributed by atoms with Crippen LogP contribution in [0.4, 0.5) is 0 Å². The average Bonchev–Trinajstić information content (AvgIpc) is 3.29. The highest BCUT2D eigenvalue weighted by Crippen LogP contribution is 2.31. The average molecular weight is 456 g/mol. The number of carbonyl (C=O) groups excluding carboxylic acids is 1. The van der Waals surface area contributed by atoms with E-state index in [1.165, 1.54) is 18.3 Å². The molecule has 0 saturated carbocycles. The summed E-state index contributed by atoms with van der Waals surface area (Å²) in [5, 5.41) is 18.6. The molecule has 0 fully saturated rings. The number of halogens is 1. The Hall–Kier alpha value is -2.86. The molecule has 2 heterocycles. The summed E-state index contributed by atoms with van der Waals surface area (Å²) >= 11 is 6.28. The zero-order valence-corrected chi connectivity index (χ0v) is 17.4. The molecule has 0 aliphatic carbocycles. The van der Waals surface area contributed by atoms with E-state index in [0.717, 1.165) is 4.57 Å². The SMILES string of the molecule is Cc1ncc(COc2cc3oc(=O)n(CC(N)(CO)C(=O)OCCCO)c3cc2Cl)o1. The van der Waals surface area contributed by atoms with Gasteiger partial charge in [0, 0.05) is 26.0 Å². The van der Waals surface area contributed by atoms with E-state index < -0.39 is 30.4 Å². The van der Waals surface area contributed by atoms with Gasteiger partial charge in [0.2, 0.25) is 0 Å². The minimum Gasteiger partial charge on any atom is -0.484 e. The van der Waals surface area contributed by atoms with Crippen LogP contribution in [0.1, 0.15) is 18.1 Å². The second-order valence-electron chi connectivity index (χ2n) is 6.87. The summed E-state index contributed by atoms with van der Waals surface area (Å²) in [6.45, 7) is 0.317. The smallest absolute Gasteiger partial charge is 0.420 e. The summed E-state index contributed by atoms with van der Waals surface area (Å²) in [5.74, 6) is -0.497. The number of aliphatic hydroxyl groups excluding tert-OH is 2. The molecule has 0 aliphatic rings. The number of nitrogens with zero attached hydrogens (tertiary/aromatic N) is 2. The molecule has 0 amide bonds. The van der Waals surface area contributed by atoms with Crippen molar-refractivity contribution in [2.45, 2.75) is 32.0 Å². The van der Waals surface area contributed by atoms with Gasteiger partial charge in [0.15, 0.2) is 22.8 Å². The normalized spacial score (nSPS) is 13.3. The van der Waals surface area contributed by atoms with Crippen LogP contribution >= 0.6 is 11.6 Å². The molecule has 1 unspecified atom stereocenters. The molecule has 0 saturated heterocycles. The van der Waals surface area contributed by atoms with Crippen molar-refractivity contribution in [1.29, 1.82) is 0 Å². The fraction of sp³-hybridized carbons (Fsp3) is 0.421. The maximum atomic E-state index is 12.4. The molecule has 12 heteroatoms. The van der Waals surface area contributed by atoms with E-state index in [1.54, 1.807) is 6.92 Å². The first-order valence-electron chi connectivity index (χ1n) is 9.32. The number of carbonyl (C=O) groups is 1. The molecule has 168 valence electrons. The fourth-order valence-electron chi connectivity index (χ4n) is 2.78. The lowest BCUT2D eigenvalue weighted by Gasteiger charge is -2.25. The van der Waals surface area contributed by atoms with Crippen molar-refractivity contribution in [3.63, 3.8) is 0 Å². The maximum Gasteiger partial charge on any atom is 0.420 e. The lowest BCUT2D eigenvalue weighted by molar-refractivity contribution is -0.152. The maximum absolute atomic E-state index is 12.4. The van der Waals surface area contributed by atoms with Gasteiger partial charge in [-0.25, -0.2) is 14.6 Å². The first kappa shape index (κ1) is 22.8. The predicted molar refractivity (Wildman–Crippen MR) is 108 cm³/mol. The molecule has 11 nitrogen and oxygen atoms in total. The highest BCUT2D eigenvalue weighted by molar-refractivity contribution is 6.32. The van der Waals surface area contributed by atoms with E-state index in [9.17, 15) is 14.7 Å². The van der Waals surface area contributed by atoms with Crippen LogP contribution < -0.4 is 16.2 Å². The van der Waals surface area contributed by atoms with Crippen molar-refractivity contribution >= 4 is 28.7 Å². The molecule has 3 rings (SSSR count). The first-order chi connectivity index (χ1) is 14.8. The number of rotatable bonds is 10. The van der Waals surface area contributed by atoms with Gasteiger partial charge in [-0.15, -0.1) is 0 Å². The van der Waals surface area contributed by atoms with Crippen LogP contribution in [-0.2, 0) is 22.7 Å². The minimum absolute atomic E-state index is 0.0626. The fourth-order valence-corrected chi connectivity index (χ4v) is 2.99. The molecule has 1 atom stereocenters. The summed E-state index contributed by atoms with van der Waals surface area (Å²) in [4.78, 5) is 28.6. The monoisotopic (exact) mass is 455 g/mol. The Balaban J connectivity index is 1.84. The molecule has 0 radical (unpaired) electrons. The molecule has 0 bridgehead atoms. The highest BCUT2D eigenvalue weighted by Gasteiger charge is 2.37.